The molecule has 1 saturated carbocycles. The fourth-order valence-electron chi connectivity index (χ4n) is 2.42. The summed E-state index contributed by atoms with van der Waals surface area (Å²) in [5.41, 5.74) is -1.06. The van der Waals surface area contributed by atoms with Crippen LogP contribution in [0.4, 0.5) is 4.79 Å². The van der Waals surface area contributed by atoms with Crippen LogP contribution in [0, 0.1) is 0 Å². The van der Waals surface area contributed by atoms with Gasteiger partial charge in [-0.25, -0.2) is 9.59 Å². The molecule has 0 aromatic rings. The third-order valence-electron chi connectivity index (χ3n) is 4.07. The smallest absolute Gasteiger partial charge is 0.329 e. The maximum absolute atomic E-state index is 11.8. The molecule has 0 aromatic carbocycles. The predicted molar refractivity (Wildman–Crippen MR) is 77.8 cm³/mol. The van der Waals surface area contributed by atoms with Crippen molar-refractivity contribution in [1.29, 1.82) is 0 Å². The number of nitrogens with zero attached hydrogens (tertiary/aromatic N) is 1. The number of amides is 2. The SMILES string of the molecule is CC(C)N(C)CCCNC(=O)NC1(C(=O)O)CCCC1. The van der Waals surface area contributed by atoms with Gasteiger partial charge >= 0.3 is 12.0 Å². The first-order valence-corrected chi connectivity index (χ1v) is 7.37. The molecule has 0 heterocycles. The molecule has 1 aliphatic rings. The van der Waals surface area contributed by atoms with Gasteiger partial charge in [0.2, 0.25) is 0 Å². The van der Waals surface area contributed by atoms with E-state index in [0.29, 0.717) is 25.4 Å². The predicted octanol–water partition coefficient (Wildman–Crippen LogP) is 1.41. The summed E-state index contributed by atoms with van der Waals surface area (Å²) in [6, 6.07) is 0.110. The van der Waals surface area contributed by atoms with Crippen molar-refractivity contribution in [3.8, 4) is 0 Å². The molecule has 2 amide bonds. The molecule has 0 spiro atoms. The zero-order valence-electron chi connectivity index (χ0n) is 12.7. The number of hydrogen-bond acceptors (Lipinski definition) is 3. The first-order valence-electron chi connectivity index (χ1n) is 7.37. The van der Waals surface area contributed by atoms with Crippen LogP contribution in [0.1, 0.15) is 46.0 Å². The maximum atomic E-state index is 11.8. The van der Waals surface area contributed by atoms with Crippen molar-refractivity contribution < 1.29 is 14.7 Å². The number of carboxylic acids is 1. The minimum Gasteiger partial charge on any atom is -0.480 e. The van der Waals surface area contributed by atoms with E-state index in [2.05, 4.69) is 29.4 Å². The molecular formula is C14H27N3O3. The standard InChI is InChI=1S/C14H27N3O3/c1-11(2)17(3)10-6-9-15-13(20)16-14(12(18)19)7-4-5-8-14/h11H,4-10H2,1-3H3,(H,18,19)(H2,15,16,20). The molecular weight excluding hydrogens is 258 g/mol. The third kappa shape index (κ3) is 4.67. The second-order valence-corrected chi connectivity index (χ2v) is 5.90. The number of hydrogen-bond donors (Lipinski definition) is 3. The Kier molecular flexibility index (Phi) is 6.26. The molecule has 0 unspecified atom stereocenters. The molecule has 3 N–H and O–H groups in total. The van der Waals surface area contributed by atoms with Crippen LogP contribution in [0.25, 0.3) is 0 Å². The lowest BCUT2D eigenvalue weighted by Crippen LogP contribution is -2.55. The van der Waals surface area contributed by atoms with E-state index < -0.39 is 11.5 Å². The molecule has 0 bridgehead atoms. The van der Waals surface area contributed by atoms with Crippen molar-refractivity contribution in [2.45, 2.75) is 57.5 Å². The molecule has 0 atom stereocenters. The Labute approximate surface area is 120 Å². The molecule has 1 aliphatic carbocycles. The van der Waals surface area contributed by atoms with Crippen LogP contribution >= 0.6 is 0 Å². The van der Waals surface area contributed by atoms with Crippen molar-refractivity contribution in [2.75, 3.05) is 20.1 Å². The van der Waals surface area contributed by atoms with Gasteiger partial charge in [0.25, 0.3) is 0 Å². The highest BCUT2D eigenvalue weighted by Crippen LogP contribution is 2.29. The number of rotatable bonds is 7. The van der Waals surface area contributed by atoms with Gasteiger partial charge in [-0.1, -0.05) is 12.8 Å². The maximum Gasteiger partial charge on any atom is 0.329 e. The summed E-state index contributed by atoms with van der Waals surface area (Å²) in [5.74, 6) is -0.926. The molecule has 6 nitrogen and oxygen atoms in total. The Hall–Kier alpha value is -1.30. The van der Waals surface area contributed by atoms with Gasteiger partial charge in [0, 0.05) is 12.6 Å². The normalized spacial score (nSPS) is 17.4. The van der Waals surface area contributed by atoms with E-state index in [-0.39, 0.29) is 6.03 Å². The van der Waals surface area contributed by atoms with Gasteiger partial charge in [-0.15, -0.1) is 0 Å². The number of urea groups is 1. The molecule has 1 rings (SSSR count). The summed E-state index contributed by atoms with van der Waals surface area (Å²) in [6.45, 7) is 5.70. The minimum absolute atomic E-state index is 0.374. The van der Waals surface area contributed by atoms with Crippen LogP contribution in [0.15, 0.2) is 0 Å². The zero-order valence-corrected chi connectivity index (χ0v) is 12.7. The van der Waals surface area contributed by atoms with Gasteiger partial charge in [0.05, 0.1) is 0 Å². The summed E-state index contributed by atoms with van der Waals surface area (Å²) < 4.78 is 0. The zero-order chi connectivity index (χ0) is 15.2. The van der Waals surface area contributed by atoms with E-state index in [9.17, 15) is 14.7 Å². The van der Waals surface area contributed by atoms with Crippen LogP contribution in [0.3, 0.4) is 0 Å². The van der Waals surface area contributed by atoms with Crippen molar-refractivity contribution in [1.82, 2.24) is 15.5 Å². The van der Waals surface area contributed by atoms with Gasteiger partial charge in [-0.3, -0.25) is 0 Å². The van der Waals surface area contributed by atoms with E-state index >= 15 is 0 Å². The molecule has 20 heavy (non-hydrogen) atoms. The Morgan fingerprint density at radius 2 is 1.90 bits per heavy atom. The summed E-state index contributed by atoms with van der Waals surface area (Å²) >= 11 is 0. The minimum atomic E-state index is -1.06. The highest BCUT2D eigenvalue weighted by Gasteiger charge is 2.42. The van der Waals surface area contributed by atoms with E-state index in [0.717, 1.165) is 25.8 Å². The van der Waals surface area contributed by atoms with E-state index in [1.54, 1.807) is 0 Å². The fraction of sp³-hybridized carbons (Fsp3) is 0.857. The van der Waals surface area contributed by atoms with E-state index in [1.165, 1.54) is 0 Å². The first-order chi connectivity index (χ1) is 9.37. The van der Waals surface area contributed by atoms with Crippen LogP contribution in [-0.2, 0) is 4.79 Å². The Morgan fingerprint density at radius 3 is 2.40 bits per heavy atom. The first kappa shape index (κ1) is 16.8. The van der Waals surface area contributed by atoms with Crippen molar-refractivity contribution >= 4 is 12.0 Å². The van der Waals surface area contributed by atoms with Crippen molar-refractivity contribution in [3.05, 3.63) is 0 Å². The molecule has 0 aliphatic heterocycles. The van der Waals surface area contributed by atoms with Gasteiger partial charge in [0.15, 0.2) is 0 Å². The second-order valence-electron chi connectivity index (χ2n) is 5.90. The molecule has 0 aromatic heterocycles. The summed E-state index contributed by atoms with van der Waals surface area (Å²) in [6.07, 6.45) is 3.59. The quantitative estimate of drug-likeness (QED) is 0.618. The second kappa shape index (κ2) is 7.47. The lowest BCUT2D eigenvalue weighted by molar-refractivity contribution is -0.144. The van der Waals surface area contributed by atoms with Crippen LogP contribution in [-0.4, -0.2) is 53.7 Å². The monoisotopic (exact) mass is 285 g/mol. The average molecular weight is 285 g/mol. The number of nitrogens with one attached hydrogen (secondary N) is 2. The Bertz CT molecular complexity index is 339. The van der Waals surface area contributed by atoms with Crippen molar-refractivity contribution in [3.63, 3.8) is 0 Å². The summed E-state index contributed by atoms with van der Waals surface area (Å²) in [4.78, 5) is 25.3. The third-order valence-corrected chi connectivity index (χ3v) is 4.07. The van der Waals surface area contributed by atoms with Gasteiger partial charge in [0.1, 0.15) is 5.54 Å². The van der Waals surface area contributed by atoms with Crippen LogP contribution in [0.2, 0.25) is 0 Å². The molecule has 6 heteroatoms. The molecule has 1 fully saturated rings. The Morgan fingerprint density at radius 1 is 1.30 bits per heavy atom. The molecule has 0 radical (unpaired) electrons. The lowest BCUT2D eigenvalue weighted by atomic mass is 9.98. The number of aliphatic carboxylic acids is 1. The molecule has 0 saturated heterocycles. The van der Waals surface area contributed by atoms with Crippen molar-refractivity contribution in [2.24, 2.45) is 0 Å². The lowest BCUT2D eigenvalue weighted by Gasteiger charge is -2.25. The van der Waals surface area contributed by atoms with Crippen LogP contribution in [0.5, 0.6) is 0 Å². The van der Waals surface area contributed by atoms with Crippen LogP contribution < -0.4 is 10.6 Å². The van der Waals surface area contributed by atoms with E-state index in [4.69, 9.17) is 0 Å². The number of carboxylic acid groups (broad SMARTS) is 1. The average Bonchev–Trinajstić information content (AvgIpc) is 2.84. The largest absolute Gasteiger partial charge is 0.480 e. The topological polar surface area (TPSA) is 81.7 Å². The highest BCUT2D eigenvalue weighted by atomic mass is 16.4. The summed E-state index contributed by atoms with van der Waals surface area (Å²) in [7, 11) is 2.04. The highest BCUT2D eigenvalue weighted by molar-refractivity contribution is 5.86. The summed E-state index contributed by atoms with van der Waals surface area (Å²) in [5, 5.41) is 14.7. The number of carbonyl (C=O) groups excluding carboxylic acids is 1. The van der Waals surface area contributed by atoms with Gasteiger partial charge in [-0.2, -0.15) is 0 Å². The Balaban J connectivity index is 2.28. The molecule has 116 valence electrons. The number of carbonyl (C=O) groups is 2. The van der Waals surface area contributed by atoms with E-state index in [1.807, 2.05) is 7.05 Å². The van der Waals surface area contributed by atoms with Gasteiger partial charge in [-0.05, 0) is 46.7 Å². The van der Waals surface area contributed by atoms with Gasteiger partial charge < -0.3 is 20.6 Å². The fourth-order valence-corrected chi connectivity index (χ4v) is 2.42.